The van der Waals surface area contributed by atoms with Crippen molar-refractivity contribution in [1.82, 2.24) is 0 Å². The van der Waals surface area contributed by atoms with E-state index in [4.69, 9.17) is 4.74 Å². The molecular weight excluding hydrogens is 399 g/mol. The highest BCUT2D eigenvalue weighted by Gasteiger charge is 2.12. The van der Waals surface area contributed by atoms with Gasteiger partial charge >= 0.3 is 5.97 Å². The van der Waals surface area contributed by atoms with E-state index in [2.05, 4.69) is 10.6 Å². The highest BCUT2D eigenvalue weighted by molar-refractivity contribution is 6.07. The molecule has 0 aliphatic heterocycles. The molecule has 3 rings (SSSR count). The fourth-order valence-corrected chi connectivity index (χ4v) is 2.93. The van der Waals surface area contributed by atoms with E-state index in [-0.39, 0.29) is 23.9 Å². The SMILES string of the molecule is CC(=O)Oc1cccc(C(=O)Nc2ccccc2NC(=O)CCc2cccc(F)c2)c1. The zero-order chi connectivity index (χ0) is 22.2. The molecule has 0 atom stereocenters. The monoisotopic (exact) mass is 420 g/mol. The minimum Gasteiger partial charge on any atom is -0.427 e. The van der Waals surface area contributed by atoms with Crippen molar-refractivity contribution in [3.63, 3.8) is 0 Å². The first-order valence-electron chi connectivity index (χ1n) is 9.64. The smallest absolute Gasteiger partial charge is 0.308 e. The molecule has 0 spiro atoms. The molecule has 0 aliphatic rings. The van der Waals surface area contributed by atoms with E-state index in [1.807, 2.05) is 0 Å². The topological polar surface area (TPSA) is 84.5 Å². The van der Waals surface area contributed by atoms with E-state index in [1.54, 1.807) is 54.6 Å². The van der Waals surface area contributed by atoms with E-state index in [0.717, 1.165) is 5.56 Å². The van der Waals surface area contributed by atoms with Crippen molar-refractivity contribution >= 4 is 29.2 Å². The number of nitrogens with one attached hydrogen (secondary N) is 2. The highest BCUT2D eigenvalue weighted by atomic mass is 19.1. The van der Waals surface area contributed by atoms with Crippen molar-refractivity contribution in [3.05, 3.63) is 89.7 Å². The van der Waals surface area contributed by atoms with Gasteiger partial charge in [0.15, 0.2) is 0 Å². The third-order valence-corrected chi connectivity index (χ3v) is 4.34. The molecular formula is C24H21FN2O4. The first-order valence-corrected chi connectivity index (χ1v) is 9.64. The molecule has 0 saturated heterocycles. The Bertz CT molecular complexity index is 1110. The van der Waals surface area contributed by atoms with Gasteiger partial charge in [-0.3, -0.25) is 14.4 Å². The van der Waals surface area contributed by atoms with Crippen molar-refractivity contribution in [2.75, 3.05) is 10.6 Å². The van der Waals surface area contributed by atoms with E-state index in [1.165, 1.54) is 25.1 Å². The summed E-state index contributed by atoms with van der Waals surface area (Å²) >= 11 is 0. The van der Waals surface area contributed by atoms with Gasteiger partial charge in [0.25, 0.3) is 5.91 Å². The highest BCUT2D eigenvalue weighted by Crippen LogP contribution is 2.23. The van der Waals surface area contributed by atoms with Gasteiger partial charge in [-0.2, -0.15) is 0 Å². The van der Waals surface area contributed by atoms with E-state index in [0.29, 0.717) is 23.4 Å². The standard InChI is InChI=1S/C24H21FN2O4/c1-16(28)31-20-9-5-7-18(15-20)24(30)27-22-11-3-2-10-21(22)26-23(29)13-12-17-6-4-8-19(25)14-17/h2-11,14-15H,12-13H2,1H3,(H,26,29)(H,27,30). The molecule has 158 valence electrons. The average molecular weight is 420 g/mol. The predicted molar refractivity (Wildman–Crippen MR) is 115 cm³/mol. The summed E-state index contributed by atoms with van der Waals surface area (Å²) in [6, 6.07) is 19.1. The van der Waals surface area contributed by atoms with E-state index in [9.17, 15) is 18.8 Å². The second kappa shape index (κ2) is 10.2. The Morgan fingerprint density at radius 3 is 2.29 bits per heavy atom. The summed E-state index contributed by atoms with van der Waals surface area (Å²) in [4.78, 5) is 36.1. The van der Waals surface area contributed by atoms with Gasteiger partial charge in [0.2, 0.25) is 5.91 Å². The second-order valence-corrected chi connectivity index (χ2v) is 6.80. The number of benzene rings is 3. The van der Waals surface area contributed by atoms with Crippen molar-refractivity contribution in [1.29, 1.82) is 0 Å². The van der Waals surface area contributed by atoms with Crippen LogP contribution in [0, 0.1) is 5.82 Å². The van der Waals surface area contributed by atoms with Crippen LogP contribution < -0.4 is 15.4 Å². The normalized spacial score (nSPS) is 10.3. The quantitative estimate of drug-likeness (QED) is 0.433. The Morgan fingerprint density at radius 2 is 1.58 bits per heavy atom. The van der Waals surface area contributed by atoms with Crippen LogP contribution in [-0.4, -0.2) is 17.8 Å². The van der Waals surface area contributed by atoms with Crippen LogP contribution >= 0.6 is 0 Å². The zero-order valence-corrected chi connectivity index (χ0v) is 16.9. The number of rotatable bonds is 7. The number of ether oxygens (including phenoxy) is 1. The molecule has 0 heterocycles. The first kappa shape index (κ1) is 21.7. The molecule has 0 bridgehead atoms. The van der Waals surface area contributed by atoms with Crippen LogP contribution in [-0.2, 0) is 16.0 Å². The maximum atomic E-state index is 13.3. The van der Waals surface area contributed by atoms with E-state index >= 15 is 0 Å². The molecule has 0 fully saturated rings. The fraction of sp³-hybridized carbons (Fsp3) is 0.125. The fourth-order valence-electron chi connectivity index (χ4n) is 2.93. The predicted octanol–water partition coefficient (Wildman–Crippen LogP) is 4.57. The molecule has 0 radical (unpaired) electrons. The molecule has 7 heteroatoms. The van der Waals surface area contributed by atoms with Crippen molar-refractivity contribution in [2.45, 2.75) is 19.8 Å². The molecule has 0 saturated carbocycles. The minimum atomic E-state index is -0.483. The Kier molecular flexibility index (Phi) is 7.11. The van der Waals surface area contributed by atoms with Gasteiger partial charge in [-0.25, -0.2) is 4.39 Å². The molecule has 6 nitrogen and oxygen atoms in total. The van der Waals surface area contributed by atoms with Crippen LogP contribution in [0.5, 0.6) is 5.75 Å². The molecule has 2 amide bonds. The van der Waals surface area contributed by atoms with Gasteiger partial charge in [0, 0.05) is 18.9 Å². The summed E-state index contributed by atoms with van der Waals surface area (Å²) < 4.78 is 18.3. The van der Waals surface area contributed by atoms with Gasteiger partial charge in [-0.05, 0) is 54.4 Å². The molecule has 3 aromatic carbocycles. The summed E-state index contributed by atoms with van der Waals surface area (Å²) in [7, 11) is 0. The summed E-state index contributed by atoms with van der Waals surface area (Å²) in [5.41, 5.74) is 1.89. The van der Waals surface area contributed by atoms with Crippen LogP contribution in [0.2, 0.25) is 0 Å². The third-order valence-electron chi connectivity index (χ3n) is 4.34. The molecule has 0 unspecified atom stereocenters. The Balaban J connectivity index is 1.65. The van der Waals surface area contributed by atoms with Crippen molar-refractivity contribution < 1.29 is 23.5 Å². The molecule has 2 N–H and O–H groups in total. The van der Waals surface area contributed by atoms with Crippen LogP contribution in [0.15, 0.2) is 72.8 Å². The van der Waals surface area contributed by atoms with Gasteiger partial charge in [0.1, 0.15) is 11.6 Å². The number of aryl methyl sites for hydroxylation is 1. The van der Waals surface area contributed by atoms with E-state index < -0.39 is 11.9 Å². The summed E-state index contributed by atoms with van der Waals surface area (Å²) in [5.74, 6) is -1.25. The average Bonchev–Trinajstić information content (AvgIpc) is 2.73. The van der Waals surface area contributed by atoms with Crippen molar-refractivity contribution in [3.8, 4) is 5.75 Å². The Morgan fingerprint density at radius 1 is 0.871 bits per heavy atom. The number of hydrogen-bond donors (Lipinski definition) is 2. The zero-order valence-electron chi connectivity index (χ0n) is 16.9. The van der Waals surface area contributed by atoms with Gasteiger partial charge in [0.05, 0.1) is 11.4 Å². The molecule has 0 aliphatic carbocycles. The second-order valence-electron chi connectivity index (χ2n) is 6.80. The Labute approximate surface area is 179 Å². The lowest BCUT2D eigenvalue weighted by atomic mass is 10.1. The Hall–Kier alpha value is -4.00. The number of carbonyl (C=O) groups is 3. The molecule has 0 aromatic heterocycles. The number of anilines is 2. The molecule has 3 aromatic rings. The number of esters is 1. The summed E-state index contributed by atoms with van der Waals surface area (Å²) in [6.07, 6.45) is 0.553. The molecule has 31 heavy (non-hydrogen) atoms. The van der Waals surface area contributed by atoms with Crippen LogP contribution in [0.3, 0.4) is 0 Å². The maximum absolute atomic E-state index is 13.3. The van der Waals surface area contributed by atoms with Crippen LogP contribution in [0.25, 0.3) is 0 Å². The lowest BCUT2D eigenvalue weighted by Gasteiger charge is -2.13. The van der Waals surface area contributed by atoms with Gasteiger partial charge < -0.3 is 15.4 Å². The number of halogens is 1. The maximum Gasteiger partial charge on any atom is 0.308 e. The van der Waals surface area contributed by atoms with Gasteiger partial charge in [-0.1, -0.05) is 30.3 Å². The summed E-state index contributed by atoms with van der Waals surface area (Å²) in [5, 5.41) is 5.52. The number of carbonyl (C=O) groups excluding carboxylic acids is 3. The van der Waals surface area contributed by atoms with Crippen LogP contribution in [0.4, 0.5) is 15.8 Å². The lowest BCUT2D eigenvalue weighted by Crippen LogP contribution is -2.17. The minimum absolute atomic E-state index is 0.163. The first-order chi connectivity index (χ1) is 14.9. The van der Waals surface area contributed by atoms with Crippen molar-refractivity contribution in [2.24, 2.45) is 0 Å². The number of amides is 2. The number of hydrogen-bond acceptors (Lipinski definition) is 4. The third kappa shape index (κ3) is 6.50. The number of para-hydroxylation sites is 2. The lowest BCUT2D eigenvalue weighted by molar-refractivity contribution is -0.131. The summed E-state index contributed by atoms with van der Waals surface area (Å²) in [6.45, 7) is 1.28. The largest absolute Gasteiger partial charge is 0.427 e. The van der Waals surface area contributed by atoms with Crippen LogP contribution in [0.1, 0.15) is 29.3 Å². The van der Waals surface area contributed by atoms with Gasteiger partial charge in [-0.15, -0.1) is 0 Å².